The number of anilines is 1. The third kappa shape index (κ3) is 2.95. The van der Waals surface area contributed by atoms with E-state index in [1.54, 1.807) is 11.8 Å². The van der Waals surface area contributed by atoms with Gasteiger partial charge >= 0.3 is 0 Å². The molecule has 1 aliphatic rings. The van der Waals surface area contributed by atoms with Crippen LogP contribution in [-0.4, -0.2) is 28.4 Å². The smallest absolute Gasteiger partial charge is 0.295 e. The molecule has 0 spiro atoms. The Morgan fingerprint density at radius 1 is 1.58 bits per heavy atom. The van der Waals surface area contributed by atoms with Crippen LogP contribution >= 0.6 is 11.8 Å². The number of benzene rings is 1. The van der Waals surface area contributed by atoms with Gasteiger partial charge in [-0.25, -0.2) is 4.39 Å². The Morgan fingerprint density at radius 2 is 2.32 bits per heavy atom. The van der Waals surface area contributed by atoms with Crippen molar-refractivity contribution in [2.24, 2.45) is 0 Å². The van der Waals surface area contributed by atoms with Crippen molar-refractivity contribution < 1.29 is 14.1 Å². The number of nitro groups is 1. The van der Waals surface area contributed by atoms with Crippen molar-refractivity contribution in [3.05, 3.63) is 33.6 Å². The Kier molecular flexibility index (Phi) is 3.89. The lowest BCUT2D eigenvalue weighted by atomic mass is 10.1. The Hall–Kier alpha value is -1.83. The minimum Gasteiger partial charge on any atom is -0.393 e. The van der Waals surface area contributed by atoms with E-state index in [4.69, 9.17) is 5.73 Å². The number of thioether (sulfide) groups is 1. The van der Waals surface area contributed by atoms with Gasteiger partial charge < -0.3 is 11.1 Å². The van der Waals surface area contributed by atoms with Crippen molar-refractivity contribution in [2.75, 3.05) is 17.2 Å². The minimum atomic E-state index is -0.855. The highest BCUT2D eigenvalue weighted by Crippen LogP contribution is 2.27. The molecule has 1 amide bonds. The van der Waals surface area contributed by atoms with Crippen LogP contribution in [0.2, 0.25) is 0 Å². The quantitative estimate of drug-likeness (QED) is 0.499. The molecule has 3 N–H and O–H groups in total. The Bertz CT molecular complexity index is 532. The molecule has 1 unspecified atom stereocenters. The highest BCUT2D eigenvalue weighted by Gasteiger charge is 2.24. The number of rotatable bonds is 3. The van der Waals surface area contributed by atoms with Crippen molar-refractivity contribution >= 4 is 29.0 Å². The number of hydrogen-bond donors (Lipinski definition) is 2. The fraction of sp³-hybridized carbons (Fsp3) is 0.364. The molecule has 0 radical (unpaired) electrons. The van der Waals surface area contributed by atoms with Crippen LogP contribution in [0.5, 0.6) is 0 Å². The van der Waals surface area contributed by atoms with Crippen molar-refractivity contribution in [2.45, 2.75) is 12.5 Å². The predicted octanol–water partition coefficient (Wildman–Crippen LogP) is 1.55. The number of hydrogen-bond acceptors (Lipinski definition) is 5. The van der Waals surface area contributed by atoms with Gasteiger partial charge in [0, 0.05) is 11.8 Å². The highest BCUT2D eigenvalue weighted by atomic mass is 32.2. The van der Waals surface area contributed by atoms with Crippen LogP contribution in [0, 0.1) is 15.9 Å². The van der Waals surface area contributed by atoms with Gasteiger partial charge in [0.05, 0.1) is 16.6 Å². The van der Waals surface area contributed by atoms with Crippen LogP contribution < -0.4 is 11.1 Å². The Balaban J connectivity index is 2.27. The molecule has 1 aliphatic heterocycles. The monoisotopic (exact) mass is 285 g/mol. The molecule has 19 heavy (non-hydrogen) atoms. The van der Waals surface area contributed by atoms with Crippen LogP contribution in [0.4, 0.5) is 15.8 Å². The fourth-order valence-electron chi connectivity index (χ4n) is 1.85. The highest BCUT2D eigenvalue weighted by molar-refractivity contribution is 7.99. The van der Waals surface area contributed by atoms with Gasteiger partial charge in [0.1, 0.15) is 11.5 Å². The van der Waals surface area contributed by atoms with Crippen molar-refractivity contribution in [3.63, 3.8) is 0 Å². The third-order valence-electron chi connectivity index (χ3n) is 2.83. The van der Waals surface area contributed by atoms with Gasteiger partial charge in [0.15, 0.2) is 0 Å². The summed E-state index contributed by atoms with van der Waals surface area (Å²) in [5.41, 5.74) is 4.46. The number of carbonyl (C=O) groups is 1. The van der Waals surface area contributed by atoms with Crippen LogP contribution in [0.25, 0.3) is 0 Å². The molecule has 0 aromatic heterocycles. The van der Waals surface area contributed by atoms with Crippen molar-refractivity contribution in [1.82, 2.24) is 5.32 Å². The first-order chi connectivity index (χ1) is 8.99. The van der Waals surface area contributed by atoms with Gasteiger partial charge in [-0.15, -0.1) is 0 Å². The van der Waals surface area contributed by atoms with Crippen LogP contribution in [-0.2, 0) is 0 Å². The molecular weight excluding hydrogens is 273 g/mol. The first-order valence-electron chi connectivity index (χ1n) is 5.61. The van der Waals surface area contributed by atoms with E-state index in [0.29, 0.717) is 6.07 Å². The average Bonchev–Trinajstić information content (AvgIpc) is 2.84. The summed E-state index contributed by atoms with van der Waals surface area (Å²) in [6, 6.07) is 1.62. The van der Waals surface area contributed by atoms with E-state index in [9.17, 15) is 19.3 Å². The summed E-state index contributed by atoms with van der Waals surface area (Å²) in [5, 5.41) is 13.4. The van der Waals surface area contributed by atoms with E-state index < -0.39 is 22.3 Å². The summed E-state index contributed by atoms with van der Waals surface area (Å²) < 4.78 is 13.3. The topological polar surface area (TPSA) is 98.3 Å². The zero-order chi connectivity index (χ0) is 14.0. The molecule has 102 valence electrons. The number of nitrogens with one attached hydrogen (secondary N) is 1. The number of nitrogens with two attached hydrogens (primary N) is 1. The number of amides is 1. The fourth-order valence-corrected chi connectivity index (χ4v) is 3.01. The van der Waals surface area contributed by atoms with E-state index in [1.807, 2.05) is 0 Å². The average molecular weight is 285 g/mol. The molecule has 0 aliphatic carbocycles. The Labute approximate surface area is 112 Å². The van der Waals surface area contributed by atoms with Gasteiger partial charge in [-0.3, -0.25) is 14.9 Å². The second-order valence-corrected chi connectivity index (χ2v) is 5.33. The van der Waals surface area contributed by atoms with Crippen molar-refractivity contribution in [3.8, 4) is 0 Å². The molecule has 1 aromatic rings. The number of carbonyl (C=O) groups excluding carboxylic acids is 1. The second kappa shape index (κ2) is 5.43. The van der Waals surface area contributed by atoms with Gasteiger partial charge in [-0.2, -0.15) is 11.8 Å². The molecule has 1 heterocycles. The van der Waals surface area contributed by atoms with Gasteiger partial charge in [0.25, 0.3) is 11.6 Å². The van der Waals surface area contributed by atoms with Crippen LogP contribution in [0.1, 0.15) is 16.8 Å². The van der Waals surface area contributed by atoms with Crippen LogP contribution in [0.15, 0.2) is 12.1 Å². The lowest BCUT2D eigenvalue weighted by molar-refractivity contribution is -0.384. The number of nitrogens with zero attached hydrogens (tertiary/aromatic N) is 1. The molecule has 1 aromatic carbocycles. The van der Waals surface area contributed by atoms with Crippen molar-refractivity contribution in [1.29, 1.82) is 0 Å². The van der Waals surface area contributed by atoms with Gasteiger partial charge in [0.2, 0.25) is 0 Å². The zero-order valence-electron chi connectivity index (χ0n) is 9.89. The largest absolute Gasteiger partial charge is 0.393 e. The summed E-state index contributed by atoms with van der Waals surface area (Å²) >= 11 is 1.71. The maximum absolute atomic E-state index is 13.3. The standard InChI is InChI=1S/C11H12FN3O3S/c12-6-3-8(10(13)9(4-6)15(17)18)11(16)14-7-1-2-19-5-7/h3-4,7H,1-2,5,13H2,(H,14,16). The predicted molar refractivity (Wildman–Crippen MR) is 70.7 cm³/mol. The number of nitrogen functional groups attached to an aromatic ring is 1. The maximum Gasteiger partial charge on any atom is 0.295 e. The summed E-state index contributed by atoms with van der Waals surface area (Å²) in [4.78, 5) is 21.9. The van der Waals surface area contributed by atoms with Gasteiger partial charge in [-0.05, 0) is 18.2 Å². The number of halogens is 1. The molecular formula is C11H12FN3O3S. The lowest BCUT2D eigenvalue weighted by Crippen LogP contribution is -2.35. The molecule has 1 atom stereocenters. The molecule has 6 nitrogen and oxygen atoms in total. The number of nitro benzene ring substituents is 1. The summed E-state index contributed by atoms with van der Waals surface area (Å²) in [5.74, 6) is 0.298. The molecule has 0 bridgehead atoms. The van der Waals surface area contributed by atoms with Gasteiger partial charge in [-0.1, -0.05) is 0 Å². The second-order valence-electron chi connectivity index (χ2n) is 4.18. The van der Waals surface area contributed by atoms with E-state index in [-0.39, 0.29) is 17.3 Å². The minimum absolute atomic E-state index is 0.000719. The maximum atomic E-state index is 13.3. The van der Waals surface area contributed by atoms with E-state index in [1.165, 1.54) is 0 Å². The summed E-state index contributed by atoms with van der Waals surface area (Å²) in [6.45, 7) is 0. The summed E-state index contributed by atoms with van der Waals surface area (Å²) in [7, 11) is 0. The third-order valence-corrected chi connectivity index (χ3v) is 3.99. The first-order valence-corrected chi connectivity index (χ1v) is 6.76. The van der Waals surface area contributed by atoms with E-state index in [0.717, 1.165) is 24.0 Å². The van der Waals surface area contributed by atoms with Crippen LogP contribution in [0.3, 0.4) is 0 Å². The normalized spacial score (nSPS) is 18.3. The molecule has 0 saturated carbocycles. The Morgan fingerprint density at radius 3 is 2.89 bits per heavy atom. The zero-order valence-corrected chi connectivity index (χ0v) is 10.7. The SMILES string of the molecule is Nc1c(C(=O)NC2CCSC2)cc(F)cc1[N+](=O)[O-]. The summed E-state index contributed by atoms with van der Waals surface area (Å²) in [6.07, 6.45) is 0.827. The van der Waals surface area contributed by atoms with E-state index in [2.05, 4.69) is 5.32 Å². The van der Waals surface area contributed by atoms with E-state index >= 15 is 0 Å². The lowest BCUT2D eigenvalue weighted by Gasteiger charge is -2.12. The molecule has 1 fully saturated rings. The molecule has 8 heteroatoms. The molecule has 2 rings (SSSR count). The molecule has 1 saturated heterocycles. The first kappa shape index (κ1) is 13.6.